The molecule has 0 spiro atoms. The minimum Gasteiger partial charge on any atom is -0.485 e. The lowest BCUT2D eigenvalue weighted by atomic mass is 10.1. The summed E-state index contributed by atoms with van der Waals surface area (Å²) < 4.78 is 7.71. The zero-order valence-electron chi connectivity index (χ0n) is 12.1. The van der Waals surface area contributed by atoms with Crippen LogP contribution >= 0.6 is 31.9 Å². The van der Waals surface area contributed by atoms with Crippen LogP contribution < -0.4 is 10.5 Å². The summed E-state index contributed by atoms with van der Waals surface area (Å²) in [6.07, 6.45) is 0.830. The maximum Gasteiger partial charge on any atom is 0.148 e. The van der Waals surface area contributed by atoms with Crippen LogP contribution in [0.2, 0.25) is 0 Å². The summed E-state index contributed by atoms with van der Waals surface area (Å²) in [5.74, 6) is 0.784. The number of nitrogens with zero attached hydrogens (tertiary/aromatic N) is 1. The molecule has 0 radical (unpaired) electrons. The highest BCUT2D eigenvalue weighted by Gasteiger charge is 2.10. The molecule has 1 unspecified atom stereocenters. The fourth-order valence-corrected chi connectivity index (χ4v) is 3.58. The molecule has 2 rings (SSSR count). The Morgan fingerprint density at radius 3 is 2.48 bits per heavy atom. The second-order valence-electron chi connectivity index (χ2n) is 5.13. The van der Waals surface area contributed by atoms with E-state index in [0.29, 0.717) is 6.61 Å². The number of halogens is 2. The van der Waals surface area contributed by atoms with Gasteiger partial charge in [0.25, 0.3) is 0 Å². The van der Waals surface area contributed by atoms with Gasteiger partial charge in [-0.25, -0.2) is 0 Å². The fraction of sp³-hybridized carbons (Fsp3) is 0.312. The van der Waals surface area contributed by atoms with Crippen molar-refractivity contribution in [2.24, 2.45) is 5.73 Å². The number of benzene rings is 1. The molecule has 0 saturated heterocycles. The van der Waals surface area contributed by atoms with E-state index in [0.717, 1.165) is 32.5 Å². The number of nitrogens with two attached hydrogens (primary N) is 1. The molecular weight excluding hydrogens is 396 g/mol. The largest absolute Gasteiger partial charge is 0.485 e. The van der Waals surface area contributed by atoms with Crippen LogP contribution in [0.4, 0.5) is 0 Å². The van der Waals surface area contributed by atoms with Gasteiger partial charge in [-0.05, 0) is 82.0 Å². The van der Waals surface area contributed by atoms with Gasteiger partial charge in [-0.3, -0.25) is 4.98 Å². The van der Waals surface area contributed by atoms with Gasteiger partial charge in [0.05, 0.1) is 14.6 Å². The monoisotopic (exact) mass is 412 g/mol. The van der Waals surface area contributed by atoms with Gasteiger partial charge < -0.3 is 10.5 Å². The van der Waals surface area contributed by atoms with Gasteiger partial charge in [0.15, 0.2) is 0 Å². The third kappa shape index (κ3) is 4.80. The Labute approximate surface area is 142 Å². The molecule has 0 amide bonds. The van der Waals surface area contributed by atoms with E-state index >= 15 is 0 Å². The van der Waals surface area contributed by atoms with Crippen LogP contribution in [0.25, 0.3) is 0 Å². The Morgan fingerprint density at radius 2 is 1.90 bits per heavy atom. The van der Waals surface area contributed by atoms with Crippen molar-refractivity contribution in [1.82, 2.24) is 4.98 Å². The molecule has 0 aliphatic carbocycles. The second kappa shape index (κ2) is 7.38. The first-order valence-electron chi connectivity index (χ1n) is 6.74. The van der Waals surface area contributed by atoms with Crippen molar-refractivity contribution in [3.63, 3.8) is 0 Å². The molecule has 21 heavy (non-hydrogen) atoms. The second-order valence-corrected chi connectivity index (χ2v) is 6.84. The summed E-state index contributed by atoms with van der Waals surface area (Å²) in [6.45, 7) is 4.40. The van der Waals surface area contributed by atoms with E-state index < -0.39 is 0 Å². The molecule has 1 heterocycles. The van der Waals surface area contributed by atoms with Crippen molar-refractivity contribution < 1.29 is 4.74 Å². The topological polar surface area (TPSA) is 48.1 Å². The molecule has 0 aliphatic rings. The molecule has 2 N–H and O–H groups in total. The Hall–Kier alpha value is -0.910. The van der Waals surface area contributed by atoms with Crippen molar-refractivity contribution in [2.45, 2.75) is 32.9 Å². The summed E-state index contributed by atoms with van der Waals surface area (Å²) in [5.41, 5.74) is 8.91. The molecule has 0 aliphatic heterocycles. The molecule has 1 atom stereocenters. The van der Waals surface area contributed by atoms with E-state index in [1.807, 2.05) is 44.2 Å². The van der Waals surface area contributed by atoms with Gasteiger partial charge in [-0.15, -0.1) is 0 Å². The molecule has 0 saturated carbocycles. The van der Waals surface area contributed by atoms with Gasteiger partial charge in [0, 0.05) is 11.7 Å². The van der Waals surface area contributed by atoms with E-state index in [1.54, 1.807) is 0 Å². The standard InChI is InChI=1S/C16H18Br2N2O/c1-10(19)6-12-7-14(17)16(15(18)8-12)21-9-13-5-3-4-11(2)20-13/h3-5,7-8,10H,6,9,19H2,1-2H3. The molecular formula is C16H18Br2N2O. The highest BCUT2D eigenvalue weighted by molar-refractivity contribution is 9.11. The zero-order chi connectivity index (χ0) is 15.4. The van der Waals surface area contributed by atoms with Crippen LogP contribution in [0.5, 0.6) is 5.75 Å². The smallest absolute Gasteiger partial charge is 0.148 e. The van der Waals surface area contributed by atoms with Crippen LogP contribution in [-0.2, 0) is 13.0 Å². The maximum atomic E-state index is 5.88. The van der Waals surface area contributed by atoms with Crippen LogP contribution in [-0.4, -0.2) is 11.0 Å². The number of hydrogen-bond acceptors (Lipinski definition) is 3. The number of hydrogen-bond donors (Lipinski definition) is 1. The lowest BCUT2D eigenvalue weighted by Crippen LogP contribution is -2.17. The van der Waals surface area contributed by atoms with Crippen molar-refractivity contribution in [2.75, 3.05) is 0 Å². The minimum atomic E-state index is 0.132. The van der Waals surface area contributed by atoms with Crippen LogP contribution in [0.1, 0.15) is 23.9 Å². The highest BCUT2D eigenvalue weighted by Crippen LogP contribution is 2.35. The van der Waals surface area contributed by atoms with E-state index in [9.17, 15) is 0 Å². The van der Waals surface area contributed by atoms with Gasteiger partial charge in [-0.2, -0.15) is 0 Å². The Balaban J connectivity index is 2.13. The van der Waals surface area contributed by atoms with Crippen LogP contribution in [0.3, 0.4) is 0 Å². The summed E-state index contributed by atoms with van der Waals surface area (Å²) >= 11 is 7.12. The SMILES string of the molecule is Cc1cccc(COc2c(Br)cc(CC(C)N)cc2Br)n1. The number of rotatable bonds is 5. The van der Waals surface area contributed by atoms with E-state index in [2.05, 4.69) is 36.8 Å². The third-order valence-electron chi connectivity index (χ3n) is 2.93. The van der Waals surface area contributed by atoms with Crippen molar-refractivity contribution in [1.29, 1.82) is 0 Å². The molecule has 3 nitrogen and oxygen atoms in total. The van der Waals surface area contributed by atoms with E-state index in [1.165, 1.54) is 5.56 Å². The molecule has 1 aromatic carbocycles. The molecule has 112 valence electrons. The molecule has 2 aromatic rings. The maximum absolute atomic E-state index is 5.88. The summed E-state index contributed by atoms with van der Waals surface area (Å²) in [5, 5.41) is 0. The predicted octanol–water partition coefficient (Wildman–Crippen LogP) is 4.38. The lowest BCUT2D eigenvalue weighted by Gasteiger charge is -2.13. The zero-order valence-corrected chi connectivity index (χ0v) is 15.2. The highest BCUT2D eigenvalue weighted by atomic mass is 79.9. The van der Waals surface area contributed by atoms with Crippen LogP contribution in [0.15, 0.2) is 39.3 Å². The Morgan fingerprint density at radius 1 is 1.24 bits per heavy atom. The van der Waals surface area contributed by atoms with E-state index in [4.69, 9.17) is 10.5 Å². The summed E-state index contributed by atoms with van der Waals surface area (Å²) in [6, 6.07) is 10.1. The van der Waals surface area contributed by atoms with Gasteiger partial charge in [0.2, 0.25) is 0 Å². The fourth-order valence-electron chi connectivity index (χ4n) is 2.07. The average Bonchev–Trinajstić information content (AvgIpc) is 2.37. The predicted molar refractivity (Wildman–Crippen MR) is 92.5 cm³/mol. The first-order chi connectivity index (χ1) is 9.95. The van der Waals surface area contributed by atoms with Crippen molar-refractivity contribution in [3.8, 4) is 5.75 Å². The Bertz CT molecular complexity index is 606. The first kappa shape index (κ1) is 16.5. The Kier molecular flexibility index (Phi) is 5.79. The quantitative estimate of drug-likeness (QED) is 0.790. The number of aromatic nitrogens is 1. The molecule has 0 bridgehead atoms. The average molecular weight is 414 g/mol. The molecule has 5 heteroatoms. The normalized spacial score (nSPS) is 12.2. The first-order valence-corrected chi connectivity index (χ1v) is 8.33. The lowest BCUT2D eigenvalue weighted by molar-refractivity contribution is 0.297. The number of aryl methyl sites for hydroxylation is 1. The molecule has 0 fully saturated rings. The van der Waals surface area contributed by atoms with Crippen LogP contribution in [0, 0.1) is 6.92 Å². The van der Waals surface area contributed by atoms with Gasteiger partial charge in [-0.1, -0.05) is 6.07 Å². The van der Waals surface area contributed by atoms with Gasteiger partial charge in [0.1, 0.15) is 12.4 Å². The number of pyridine rings is 1. The van der Waals surface area contributed by atoms with Crippen molar-refractivity contribution in [3.05, 3.63) is 56.2 Å². The third-order valence-corrected chi connectivity index (χ3v) is 4.10. The minimum absolute atomic E-state index is 0.132. The molecule has 1 aromatic heterocycles. The summed E-state index contributed by atoms with van der Waals surface area (Å²) in [7, 11) is 0. The van der Waals surface area contributed by atoms with Crippen molar-refractivity contribution >= 4 is 31.9 Å². The van der Waals surface area contributed by atoms with Gasteiger partial charge >= 0.3 is 0 Å². The summed E-state index contributed by atoms with van der Waals surface area (Å²) in [4.78, 5) is 4.43. The number of ether oxygens (including phenoxy) is 1. The van der Waals surface area contributed by atoms with E-state index in [-0.39, 0.29) is 6.04 Å².